The van der Waals surface area contributed by atoms with Gasteiger partial charge in [-0.05, 0) is 16.1 Å². The molecular weight excluding hydrogens is 280 g/mol. The fourth-order valence-electron chi connectivity index (χ4n) is 2.03. The van der Waals surface area contributed by atoms with E-state index in [0.717, 1.165) is 5.56 Å². The van der Waals surface area contributed by atoms with Crippen LogP contribution in [0.1, 0.15) is 38.3 Å². The number of hydrogen-bond donors (Lipinski definition) is 2. The third-order valence-corrected chi connectivity index (χ3v) is 3.50. The molecule has 1 aromatic carbocycles. The topological polar surface area (TPSA) is 88.4 Å². The molecule has 0 spiro atoms. The van der Waals surface area contributed by atoms with Crippen molar-refractivity contribution in [1.82, 2.24) is 10.1 Å². The minimum atomic E-state index is -0.332. The Kier molecular flexibility index (Phi) is 5.15. The van der Waals surface area contributed by atoms with Gasteiger partial charge in [-0.3, -0.25) is 0 Å². The summed E-state index contributed by atoms with van der Waals surface area (Å²) in [6, 6.07) is 9.63. The van der Waals surface area contributed by atoms with E-state index >= 15 is 0 Å². The number of nitrogens with zero attached hydrogens (tertiary/aromatic N) is 3. The van der Waals surface area contributed by atoms with Gasteiger partial charge in [0.25, 0.3) is 5.95 Å². The Labute approximate surface area is 130 Å². The molecule has 0 amide bonds. The smallest absolute Gasteiger partial charge is 0.266 e. The van der Waals surface area contributed by atoms with Gasteiger partial charge in [0.15, 0.2) is 0 Å². The Hall–Kier alpha value is -1.92. The van der Waals surface area contributed by atoms with Gasteiger partial charge in [-0.25, -0.2) is 0 Å². The molecule has 0 aliphatic rings. The Balaban J connectivity index is 2.17. The molecule has 1 aromatic heterocycles. The van der Waals surface area contributed by atoms with E-state index < -0.39 is 0 Å². The highest BCUT2D eigenvalue weighted by Crippen LogP contribution is 2.30. The van der Waals surface area contributed by atoms with Crippen LogP contribution in [0.4, 0.5) is 5.95 Å². The van der Waals surface area contributed by atoms with Gasteiger partial charge in [0.05, 0.1) is 12.6 Å². The van der Waals surface area contributed by atoms with Crippen LogP contribution in [0.3, 0.4) is 0 Å². The Morgan fingerprint density at radius 1 is 1.27 bits per heavy atom. The first-order valence-corrected chi connectivity index (χ1v) is 7.40. The van der Waals surface area contributed by atoms with Gasteiger partial charge in [-0.2, -0.15) is 4.98 Å². The van der Waals surface area contributed by atoms with Gasteiger partial charge in [0, 0.05) is 13.1 Å². The molecule has 1 atom stereocenters. The van der Waals surface area contributed by atoms with Crippen LogP contribution < -0.4 is 10.6 Å². The molecular formula is C16H24N4O2. The third-order valence-electron chi connectivity index (χ3n) is 3.50. The SMILES string of the molecule is CC(C)(C)[C@H](N)c1nc(N(CCO)Cc2ccccc2)no1. The predicted octanol–water partition coefficient (Wildman–Crippen LogP) is 2.11. The number of rotatable bonds is 6. The maximum atomic E-state index is 9.27. The van der Waals surface area contributed by atoms with Crippen molar-refractivity contribution in [2.75, 3.05) is 18.1 Å². The normalized spacial score (nSPS) is 13.1. The van der Waals surface area contributed by atoms with E-state index in [1.54, 1.807) is 0 Å². The van der Waals surface area contributed by atoms with E-state index in [1.807, 2.05) is 56.0 Å². The molecule has 0 fully saturated rings. The minimum Gasteiger partial charge on any atom is -0.395 e. The molecule has 0 unspecified atom stereocenters. The number of aliphatic hydroxyl groups is 1. The molecule has 0 saturated carbocycles. The second-order valence-electron chi connectivity index (χ2n) is 6.41. The highest BCUT2D eigenvalue weighted by molar-refractivity contribution is 5.31. The second kappa shape index (κ2) is 6.89. The van der Waals surface area contributed by atoms with Crippen molar-refractivity contribution in [1.29, 1.82) is 0 Å². The van der Waals surface area contributed by atoms with E-state index in [9.17, 15) is 5.11 Å². The molecule has 2 rings (SSSR count). The van der Waals surface area contributed by atoms with Crippen LogP contribution in [0, 0.1) is 5.41 Å². The standard InChI is InChI=1S/C16H24N4O2/c1-16(2,3)13(17)14-18-15(19-22-14)20(9-10-21)11-12-7-5-4-6-8-12/h4-8,13,21H,9-11,17H2,1-3H3/t13-/m1/s1. The molecule has 0 aliphatic heterocycles. The summed E-state index contributed by atoms with van der Waals surface area (Å²) in [5.74, 6) is 0.867. The summed E-state index contributed by atoms with van der Waals surface area (Å²) >= 11 is 0. The number of hydrogen-bond acceptors (Lipinski definition) is 6. The predicted molar refractivity (Wildman–Crippen MR) is 85.3 cm³/mol. The Bertz CT molecular complexity index is 577. The number of aromatic nitrogens is 2. The van der Waals surface area contributed by atoms with Crippen molar-refractivity contribution in [3.8, 4) is 0 Å². The van der Waals surface area contributed by atoms with Crippen LogP contribution in [0.2, 0.25) is 0 Å². The molecule has 22 heavy (non-hydrogen) atoms. The summed E-state index contributed by atoms with van der Waals surface area (Å²) in [5, 5.41) is 13.3. The van der Waals surface area contributed by atoms with E-state index in [-0.39, 0.29) is 18.1 Å². The van der Waals surface area contributed by atoms with E-state index in [0.29, 0.717) is 24.9 Å². The van der Waals surface area contributed by atoms with Crippen LogP contribution in [0.5, 0.6) is 0 Å². The number of anilines is 1. The zero-order chi connectivity index (χ0) is 16.2. The highest BCUT2D eigenvalue weighted by Gasteiger charge is 2.28. The fourth-order valence-corrected chi connectivity index (χ4v) is 2.03. The molecule has 120 valence electrons. The van der Waals surface area contributed by atoms with Crippen molar-refractivity contribution in [2.24, 2.45) is 11.1 Å². The van der Waals surface area contributed by atoms with Crippen LogP contribution in [-0.4, -0.2) is 28.4 Å². The van der Waals surface area contributed by atoms with Gasteiger partial charge >= 0.3 is 0 Å². The Morgan fingerprint density at radius 3 is 2.55 bits per heavy atom. The third kappa shape index (κ3) is 4.05. The molecule has 3 N–H and O–H groups in total. The van der Waals surface area contributed by atoms with Crippen LogP contribution in [-0.2, 0) is 6.54 Å². The van der Waals surface area contributed by atoms with E-state index in [2.05, 4.69) is 10.1 Å². The molecule has 0 aliphatic carbocycles. The van der Waals surface area contributed by atoms with Gasteiger partial charge in [0.1, 0.15) is 0 Å². The summed E-state index contributed by atoms with van der Waals surface area (Å²) in [4.78, 5) is 6.28. The van der Waals surface area contributed by atoms with Gasteiger partial charge in [-0.15, -0.1) is 0 Å². The van der Waals surface area contributed by atoms with E-state index in [1.165, 1.54) is 0 Å². The Morgan fingerprint density at radius 2 is 1.95 bits per heavy atom. The first kappa shape index (κ1) is 16.5. The zero-order valence-electron chi connectivity index (χ0n) is 13.4. The summed E-state index contributed by atoms with van der Waals surface area (Å²) in [6.45, 7) is 7.12. The van der Waals surface area contributed by atoms with Gasteiger partial charge in [0.2, 0.25) is 5.89 Å². The maximum Gasteiger partial charge on any atom is 0.266 e. The molecule has 6 heteroatoms. The first-order chi connectivity index (χ1) is 10.4. The fraction of sp³-hybridized carbons (Fsp3) is 0.500. The van der Waals surface area contributed by atoms with Crippen molar-refractivity contribution in [3.63, 3.8) is 0 Å². The molecule has 2 aromatic rings. The van der Waals surface area contributed by atoms with Crippen LogP contribution >= 0.6 is 0 Å². The summed E-state index contributed by atoms with van der Waals surface area (Å²) < 4.78 is 5.31. The lowest BCUT2D eigenvalue weighted by Crippen LogP contribution is -2.28. The lowest BCUT2D eigenvalue weighted by Gasteiger charge is -2.23. The summed E-state index contributed by atoms with van der Waals surface area (Å²) in [6.07, 6.45) is 0. The molecule has 0 saturated heterocycles. The lowest BCUT2D eigenvalue weighted by atomic mass is 9.87. The van der Waals surface area contributed by atoms with Gasteiger partial charge in [-0.1, -0.05) is 51.1 Å². The molecule has 1 heterocycles. The minimum absolute atomic E-state index is 0.0159. The molecule has 6 nitrogen and oxygen atoms in total. The number of benzene rings is 1. The monoisotopic (exact) mass is 304 g/mol. The largest absolute Gasteiger partial charge is 0.395 e. The first-order valence-electron chi connectivity index (χ1n) is 7.40. The van der Waals surface area contributed by atoms with Crippen molar-refractivity contribution < 1.29 is 9.63 Å². The second-order valence-corrected chi connectivity index (χ2v) is 6.41. The highest BCUT2D eigenvalue weighted by atomic mass is 16.5. The molecule has 0 radical (unpaired) electrons. The number of nitrogens with two attached hydrogens (primary N) is 1. The average Bonchev–Trinajstić information content (AvgIpc) is 2.95. The molecule has 0 bridgehead atoms. The zero-order valence-corrected chi connectivity index (χ0v) is 13.4. The number of aliphatic hydroxyl groups excluding tert-OH is 1. The summed E-state index contributed by atoms with van der Waals surface area (Å²) in [5.41, 5.74) is 7.10. The van der Waals surface area contributed by atoms with Crippen molar-refractivity contribution in [3.05, 3.63) is 41.8 Å². The lowest BCUT2D eigenvalue weighted by molar-refractivity contribution is 0.252. The van der Waals surface area contributed by atoms with Crippen LogP contribution in [0.15, 0.2) is 34.9 Å². The quantitative estimate of drug-likeness (QED) is 0.850. The van der Waals surface area contributed by atoms with E-state index in [4.69, 9.17) is 10.3 Å². The van der Waals surface area contributed by atoms with Crippen molar-refractivity contribution in [2.45, 2.75) is 33.4 Å². The van der Waals surface area contributed by atoms with Crippen LogP contribution in [0.25, 0.3) is 0 Å². The van der Waals surface area contributed by atoms with Gasteiger partial charge < -0.3 is 20.3 Å². The average molecular weight is 304 g/mol. The summed E-state index contributed by atoms with van der Waals surface area (Å²) in [7, 11) is 0. The maximum absolute atomic E-state index is 9.27. The van der Waals surface area contributed by atoms with Crippen molar-refractivity contribution >= 4 is 5.95 Å².